The van der Waals surface area contributed by atoms with Crippen LogP contribution in [-0.2, 0) is 4.79 Å². The van der Waals surface area contributed by atoms with E-state index in [2.05, 4.69) is 51.2 Å². The summed E-state index contributed by atoms with van der Waals surface area (Å²) in [6, 6.07) is 0. The molecule has 0 unspecified atom stereocenters. The minimum Gasteiger partial charge on any atom is -0.330 e. The van der Waals surface area contributed by atoms with Crippen LogP contribution in [0.3, 0.4) is 0 Å². The van der Waals surface area contributed by atoms with Crippen LogP contribution in [0.5, 0.6) is 0 Å². The second kappa shape index (κ2) is 7.38. The first-order valence-electron chi connectivity index (χ1n) is 6.57. The minimum absolute atomic E-state index is 0.0232. The van der Waals surface area contributed by atoms with E-state index in [1.165, 1.54) is 0 Å². The van der Waals surface area contributed by atoms with Crippen molar-refractivity contribution in [3.05, 3.63) is 0 Å². The van der Waals surface area contributed by atoms with Crippen molar-refractivity contribution in [1.29, 1.82) is 0 Å². The van der Waals surface area contributed by atoms with Gasteiger partial charge in [0.25, 0.3) is 0 Å². The molecular weight excluding hydrogens is 252 g/mol. The molecule has 0 aromatic carbocycles. The van der Waals surface area contributed by atoms with Gasteiger partial charge in [0.15, 0.2) is 0 Å². The SMILES string of the molecule is C#CCN(CC#C[Si](C)(C)C(C)(C)C)C(=O)CCN. The summed E-state index contributed by atoms with van der Waals surface area (Å²) in [5.41, 5.74) is 8.77. The molecule has 0 aromatic rings. The van der Waals surface area contributed by atoms with Gasteiger partial charge >= 0.3 is 0 Å². The number of carbonyl (C=O) groups is 1. The van der Waals surface area contributed by atoms with Gasteiger partial charge in [-0.1, -0.05) is 45.7 Å². The Morgan fingerprint density at radius 2 is 1.89 bits per heavy atom. The summed E-state index contributed by atoms with van der Waals surface area (Å²) in [4.78, 5) is 13.4. The van der Waals surface area contributed by atoms with E-state index >= 15 is 0 Å². The van der Waals surface area contributed by atoms with Gasteiger partial charge in [-0.05, 0) is 5.04 Å². The van der Waals surface area contributed by atoms with Gasteiger partial charge in [-0.15, -0.1) is 12.0 Å². The van der Waals surface area contributed by atoms with Gasteiger partial charge in [-0.25, -0.2) is 0 Å². The summed E-state index contributed by atoms with van der Waals surface area (Å²) < 4.78 is 0. The maximum Gasteiger partial charge on any atom is 0.225 e. The fourth-order valence-corrected chi connectivity index (χ4v) is 2.06. The smallest absolute Gasteiger partial charge is 0.225 e. The lowest BCUT2D eigenvalue weighted by atomic mass is 10.2. The van der Waals surface area contributed by atoms with E-state index in [0.717, 1.165) is 0 Å². The van der Waals surface area contributed by atoms with Gasteiger partial charge in [-0.3, -0.25) is 4.79 Å². The number of hydrogen-bond donors (Lipinski definition) is 1. The standard InChI is InChI=1S/C15H26N2OSi/c1-7-11-17(14(18)9-10-16)12-8-13-19(5,6)15(2,3)4/h1H,9-12,16H2,2-6H3. The van der Waals surface area contributed by atoms with E-state index in [0.29, 0.717) is 26.1 Å². The van der Waals surface area contributed by atoms with Crippen LogP contribution in [0.2, 0.25) is 18.1 Å². The number of rotatable bonds is 4. The molecule has 0 bridgehead atoms. The number of hydrogen-bond acceptors (Lipinski definition) is 2. The fraction of sp³-hybridized carbons (Fsp3) is 0.667. The van der Waals surface area contributed by atoms with E-state index in [1.807, 2.05) is 0 Å². The quantitative estimate of drug-likeness (QED) is 0.630. The summed E-state index contributed by atoms with van der Waals surface area (Å²) in [6.45, 7) is 12.2. The molecular formula is C15H26N2OSi. The Hall–Kier alpha value is -1.23. The van der Waals surface area contributed by atoms with Crippen LogP contribution in [0, 0.1) is 23.8 Å². The van der Waals surface area contributed by atoms with Gasteiger partial charge in [0, 0.05) is 13.0 Å². The van der Waals surface area contributed by atoms with Crippen LogP contribution < -0.4 is 5.73 Å². The van der Waals surface area contributed by atoms with E-state index in [9.17, 15) is 4.79 Å². The lowest BCUT2D eigenvalue weighted by Crippen LogP contribution is -2.37. The van der Waals surface area contributed by atoms with Crippen LogP contribution in [0.4, 0.5) is 0 Å². The highest BCUT2D eigenvalue weighted by Crippen LogP contribution is 2.34. The predicted molar refractivity (Wildman–Crippen MR) is 84.1 cm³/mol. The second-order valence-electron chi connectivity index (χ2n) is 6.17. The van der Waals surface area contributed by atoms with Crippen molar-refractivity contribution in [3.63, 3.8) is 0 Å². The molecule has 0 aliphatic heterocycles. The lowest BCUT2D eigenvalue weighted by Gasteiger charge is -2.31. The van der Waals surface area contributed by atoms with Crippen molar-refractivity contribution in [2.45, 2.75) is 45.3 Å². The normalized spacial score (nSPS) is 11.2. The molecule has 19 heavy (non-hydrogen) atoms. The van der Waals surface area contributed by atoms with Crippen LogP contribution >= 0.6 is 0 Å². The molecule has 0 fully saturated rings. The molecule has 0 radical (unpaired) electrons. The average molecular weight is 278 g/mol. The Balaban J connectivity index is 4.76. The molecule has 0 aliphatic rings. The number of carbonyl (C=O) groups excluding carboxylic acids is 1. The van der Waals surface area contributed by atoms with Crippen molar-refractivity contribution >= 4 is 14.0 Å². The monoisotopic (exact) mass is 278 g/mol. The Kier molecular flexibility index (Phi) is 6.90. The molecule has 0 saturated heterocycles. The van der Waals surface area contributed by atoms with Crippen molar-refractivity contribution in [3.8, 4) is 23.8 Å². The van der Waals surface area contributed by atoms with Gasteiger partial charge in [0.2, 0.25) is 5.91 Å². The largest absolute Gasteiger partial charge is 0.330 e. The first kappa shape index (κ1) is 17.8. The topological polar surface area (TPSA) is 46.3 Å². The maximum absolute atomic E-state index is 11.8. The molecule has 0 heterocycles. The molecule has 0 aromatic heterocycles. The minimum atomic E-state index is -1.62. The molecule has 0 atom stereocenters. The summed E-state index contributed by atoms with van der Waals surface area (Å²) in [7, 11) is -1.62. The molecule has 4 heteroatoms. The van der Waals surface area contributed by atoms with Gasteiger partial charge < -0.3 is 10.6 Å². The highest BCUT2D eigenvalue weighted by molar-refractivity contribution is 6.87. The second-order valence-corrected chi connectivity index (χ2v) is 11.2. The zero-order valence-corrected chi connectivity index (χ0v) is 13.8. The van der Waals surface area contributed by atoms with Gasteiger partial charge in [0.05, 0.1) is 13.1 Å². The Morgan fingerprint density at radius 3 is 2.32 bits per heavy atom. The number of nitrogens with zero attached hydrogens (tertiary/aromatic N) is 1. The van der Waals surface area contributed by atoms with E-state index in [-0.39, 0.29) is 10.9 Å². The molecule has 1 amide bonds. The highest BCUT2D eigenvalue weighted by Gasteiger charge is 2.33. The molecule has 0 spiro atoms. The van der Waals surface area contributed by atoms with E-state index < -0.39 is 8.07 Å². The zero-order chi connectivity index (χ0) is 15.1. The van der Waals surface area contributed by atoms with Crippen LogP contribution in [0.15, 0.2) is 0 Å². The summed E-state index contributed by atoms with van der Waals surface area (Å²) in [6.07, 6.45) is 5.60. The molecule has 0 saturated carbocycles. The first-order valence-corrected chi connectivity index (χ1v) is 9.57. The fourth-order valence-electron chi connectivity index (χ4n) is 1.17. The summed E-state index contributed by atoms with van der Waals surface area (Å²) >= 11 is 0. The predicted octanol–water partition coefficient (Wildman–Crippen LogP) is 1.85. The van der Waals surface area contributed by atoms with Crippen LogP contribution in [-0.4, -0.2) is 38.5 Å². The third kappa shape index (κ3) is 5.96. The van der Waals surface area contributed by atoms with Crippen molar-refractivity contribution in [1.82, 2.24) is 4.90 Å². The molecule has 2 N–H and O–H groups in total. The number of amides is 1. The zero-order valence-electron chi connectivity index (χ0n) is 12.8. The first-order chi connectivity index (χ1) is 8.65. The Morgan fingerprint density at radius 1 is 1.32 bits per heavy atom. The molecule has 106 valence electrons. The van der Waals surface area contributed by atoms with Crippen molar-refractivity contribution in [2.75, 3.05) is 19.6 Å². The van der Waals surface area contributed by atoms with Crippen molar-refractivity contribution < 1.29 is 4.79 Å². The number of nitrogens with two attached hydrogens (primary N) is 1. The molecule has 3 nitrogen and oxygen atoms in total. The average Bonchev–Trinajstić information content (AvgIpc) is 2.26. The van der Waals surface area contributed by atoms with Crippen molar-refractivity contribution in [2.24, 2.45) is 5.73 Å². The van der Waals surface area contributed by atoms with E-state index in [4.69, 9.17) is 12.2 Å². The molecule has 0 aliphatic carbocycles. The summed E-state index contributed by atoms with van der Waals surface area (Å²) in [5, 5.41) is 0.220. The lowest BCUT2D eigenvalue weighted by molar-refractivity contribution is -0.129. The third-order valence-corrected chi connectivity index (χ3v) is 8.09. The van der Waals surface area contributed by atoms with Crippen LogP contribution in [0.1, 0.15) is 27.2 Å². The molecule has 0 rings (SSSR count). The highest BCUT2D eigenvalue weighted by atomic mass is 28.3. The maximum atomic E-state index is 11.8. The van der Waals surface area contributed by atoms with Gasteiger partial charge in [-0.2, -0.15) is 0 Å². The Bertz CT molecular complexity index is 405. The van der Waals surface area contributed by atoms with Gasteiger partial charge in [0.1, 0.15) is 8.07 Å². The number of terminal acetylenes is 1. The van der Waals surface area contributed by atoms with E-state index in [1.54, 1.807) is 4.90 Å². The Labute approximate surface area is 118 Å². The van der Waals surface area contributed by atoms with Crippen LogP contribution in [0.25, 0.3) is 0 Å². The third-order valence-electron chi connectivity index (χ3n) is 3.54. The summed E-state index contributed by atoms with van der Waals surface area (Å²) in [5.74, 6) is 5.61.